The Bertz CT molecular complexity index is 1000. The Morgan fingerprint density at radius 2 is 1.37 bits per heavy atom. The fourth-order valence-electron chi connectivity index (χ4n) is 2.39. The number of ether oxygens (including phenoxy) is 1. The lowest BCUT2D eigenvalue weighted by Crippen LogP contribution is -2.20. The molecule has 133 valence electrons. The third-order valence-corrected chi connectivity index (χ3v) is 4.06. The average molecular weight is 376 g/mol. The topological polar surface area (TPSA) is 72.5 Å². The molecular weight excluding hydrogens is 362 g/mol. The molecule has 3 rings (SSSR count). The molecule has 0 fully saturated rings. The third kappa shape index (κ3) is 4.37. The van der Waals surface area contributed by atoms with E-state index in [2.05, 4.69) is 5.32 Å². The first-order valence-electron chi connectivity index (χ1n) is 8.04. The lowest BCUT2D eigenvalue weighted by molar-refractivity contribution is 0.0815. The lowest BCUT2D eigenvalue weighted by Gasteiger charge is -2.10. The highest BCUT2D eigenvalue weighted by Crippen LogP contribution is 2.23. The van der Waals surface area contributed by atoms with Gasteiger partial charge in [-0.3, -0.25) is 14.9 Å². The van der Waals surface area contributed by atoms with E-state index < -0.39 is 17.7 Å². The number of benzene rings is 3. The lowest BCUT2D eigenvalue weighted by atomic mass is 10.0. The number of para-hydroxylation sites is 2. The highest BCUT2D eigenvalue weighted by Gasteiger charge is 2.22. The van der Waals surface area contributed by atoms with E-state index in [1.807, 2.05) is 0 Å². The van der Waals surface area contributed by atoms with E-state index in [0.717, 1.165) is 0 Å². The van der Waals surface area contributed by atoms with Gasteiger partial charge in [-0.2, -0.15) is 0 Å². The third-order valence-electron chi connectivity index (χ3n) is 3.70. The standard InChI is InChI=1S/C21H14NO4S/c23-19(14-8-2-1-3-9-14)20(24)15-10-4-6-12-17(15)26-21(25)22-16-11-5-7-13-18(16)27/h1-13H,(H,22,25). The summed E-state index contributed by atoms with van der Waals surface area (Å²) >= 11 is 5.12. The fraction of sp³-hybridized carbons (Fsp3) is 0. The van der Waals surface area contributed by atoms with Crippen molar-refractivity contribution in [3.63, 3.8) is 0 Å². The second-order valence-corrected chi connectivity index (χ2v) is 5.97. The first-order chi connectivity index (χ1) is 13.1. The fourth-order valence-corrected chi connectivity index (χ4v) is 2.59. The van der Waals surface area contributed by atoms with Crippen LogP contribution in [-0.4, -0.2) is 17.7 Å². The van der Waals surface area contributed by atoms with Crippen LogP contribution in [0.25, 0.3) is 0 Å². The van der Waals surface area contributed by atoms with Crippen LogP contribution in [0.5, 0.6) is 5.75 Å². The summed E-state index contributed by atoms with van der Waals surface area (Å²) in [5.41, 5.74) is 0.691. The zero-order chi connectivity index (χ0) is 19.2. The smallest absolute Gasteiger partial charge is 0.409 e. The largest absolute Gasteiger partial charge is 0.417 e. The van der Waals surface area contributed by atoms with E-state index in [9.17, 15) is 14.4 Å². The second kappa shape index (κ2) is 8.25. The predicted octanol–water partition coefficient (Wildman–Crippen LogP) is 4.92. The van der Waals surface area contributed by atoms with Gasteiger partial charge < -0.3 is 4.74 Å². The van der Waals surface area contributed by atoms with E-state index in [0.29, 0.717) is 10.6 Å². The minimum absolute atomic E-state index is 0.00756. The molecule has 27 heavy (non-hydrogen) atoms. The van der Waals surface area contributed by atoms with Crippen LogP contribution < -0.4 is 10.1 Å². The second-order valence-electron chi connectivity index (χ2n) is 5.53. The molecule has 6 heteroatoms. The van der Waals surface area contributed by atoms with Crippen molar-refractivity contribution < 1.29 is 19.1 Å². The van der Waals surface area contributed by atoms with Gasteiger partial charge in [-0.25, -0.2) is 4.79 Å². The van der Waals surface area contributed by atoms with Crippen molar-refractivity contribution in [1.29, 1.82) is 0 Å². The van der Waals surface area contributed by atoms with Gasteiger partial charge in [0.1, 0.15) is 5.75 Å². The monoisotopic (exact) mass is 376 g/mol. The molecular formula is C21H14NO4S. The molecule has 0 aliphatic rings. The normalized spacial score (nSPS) is 10.1. The molecule has 0 aromatic heterocycles. The average Bonchev–Trinajstić information content (AvgIpc) is 2.70. The van der Waals surface area contributed by atoms with Crippen molar-refractivity contribution in [2.24, 2.45) is 0 Å². The highest BCUT2D eigenvalue weighted by atomic mass is 32.1. The Morgan fingerprint density at radius 3 is 2.11 bits per heavy atom. The maximum absolute atomic E-state index is 12.6. The number of amides is 1. The minimum atomic E-state index is -0.806. The predicted molar refractivity (Wildman–Crippen MR) is 103 cm³/mol. The van der Waals surface area contributed by atoms with E-state index in [-0.39, 0.29) is 16.9 Å². The van der Waals surface area contributed by atoms with Crippen LogP contribution >= 0.6 is 12.6 Å². The Kier molecular flexibility index (Phi) is 5.58. The van der Waals surface area contributed by atoms with Gasteiger partial charge in [-0.05, 0) is 24.3 Å². The molecule has 3 aromatic rings. The van der Waals surface area contributed by atoms with Crippen molar-refractivity contribution in [2.75, 3.05) is 5.32 Å². The molecule has 0 saturated heterocycles. The number of carbonyl (C=O) groups is 3. The van der Waals surface area contributed by atoms with Crippen molar-refractivity contribution in [2.45, 2.75) is 4.90 Å². The molecule has 0 aliphatic heterocycles. The quantitative estimate of drug-likeness (QED) is 0.507. The molecule has 0 aliphatic carbocycles. The van der Waals surface area contributed by atoms with E-state index in [1.54, 1.807) is 66.7 Å². The van der Waals surface area contributed by atoms with Crippen molar-refractivity contribution in [3.8, 4) is 5.75 Å². The number of anilines is 1. The number of hydrogen-bond donors (Lipinski definition) is 1. The van der Waals surface area contributed by atoms with Crippen molar-refractivity contribution >= 4 is 36.0 Å². The Hall–Kier alpha value is -3.51. The number of nitrogens with one attached hydrogen (secondary N) is 1. The summed E-state index contributed by atoms with van der Waals surface area (Å²) in [6.07, 6.45) is -0.806. The Balaban J connectivity index is 1.80. The number of carbonyl (C=O) groups excluding carboxylic acids is 3. The van der Waals surface area contributed by atoms with Gasteiger partial charge in [0.25, 0.3) is 0 Å². The van der Waals surface area contributed by atoms with Crippen LogP contribution in [-0.2, 0) is 0 Å². The van der Waals surface area contributed by atoms with Gasteiger partial charge in [0.05, 0.1) is 16.1 Å². The van der Waals surface area contributed by atoms with Crippen LogP contribution in [0.4, 0.5) is 10.5 Å². The zero-order valence-electron chi connectivity index (χ0n) is 14.0. The molecule has 0 unspecified atom stereocenters. The highest BCUT2D eigenvalue weighted by molar-refractivity contribution is 7.80. The Morgan fingerprint density at radius 1 is 0.741 bits per heavy atom. The maximum atomic E-state index is 12.6. The van der Waals surface area contributed by atoms with Gasteiger partial charge in [0.15, 0.2) is 0 Å². The molecule has 0 bridgehead atoms. The molecule has 0 saturated carbocycles. The van der Waals surface area contributed by atoms with Crippen molar-refractivity contribution in [3.05, 3.63) is 90.0 Å². The number of rotatable bonds is 5. The summed E-state index contributed by atoms with van der Waals surface area (Å²) in [5, 5.41) is 2.52. The van der Waals surface area contributed by atoms with Crippen LogP contribution in [0.2, 0.25) is 0 Å². The van der Waals surface area contributed by atoms with Crippen LogP contribution in [0, 0.1) is 0 Å². The molecule has 0 spiro atoms. The molecule has 5 nitrogen and oxygen atoms in total. The summed E-state index contributed by atoms with van der Waals surface area (Å²) < 4.78 is 5.24. The van der Waals surface area contributed by atoms with Gasteiger partial charge in [0.2, 0.25) is 11.6 Å². The van der Waals surface area contributed by atoms with Crippen molar-refractivity contribution in [1.82, 2.24) is 0 Å². The molecule has 0 heterocycles. The number of hydrogen-bond acceptors (Lipinski definition) is 4. The summed E-state index contributed by atoms with van der Waals surface area (Å²) in [5.74, 6) is -1.44. The van der Waals surface area contributed by atoms with Gasteiger partial charge in [0, 0.05) is 5.56 Å². The van der Waals surface area contributed by atoms with E-state index in [4.69, 9.17) is 17.4 Å². The molecule has 1 amide bonds. The molecule has 0 atom stereocenters. The minimum Gasteiger partial charge on any atom is -0.409 e. The molecule has 1 N–H and O–H groups in total. The van der Waals surface area contributed by atoms with Gasteiger partial charge in [-0.15, -0.1) is 0 Å². The first kappa shape index (κ1) is 18.3. The molecule has 1 radical (unpaired) electrons. The Labute approximate surface area is 161 Å². The summed E-state index contributed by atoms with van der Waals surface area (Å²) in [6, 6.07) is 21.1. The number of Topliss-reactive ketones (excluding diaryl/α,β-unsaturated/α-hetero) is 2. The van der Waals surface area contributed by atoms with E-state index >= 15 is 0 Å². The number of ketones is 2. The van der Waals surface area contributed by atoms with Crippen LogP contribution in [0.1, 0.15) is 20.7 Å². The van der Waals surface area contributed by atoms with E-state index in [1.165, 1.54) is 12.1 Å². The SMILES string of the molecule is O=C(Nc1ccccc1[S])Oc1ccccc1C(=O)C(=O)c1ccccc1. The first-order valence-corrected chi connectivity index (χ1v) is 8.45. The van der Waals surface area contributed by atoms with Gasteiger partial charge >= 0.3 is 6.09 Å². The summed E-state index contributed by atoms with van der Waals surface area (Å²) in [7, 11) is 0. The zero-order valence-corrected chi connectivity index (χ0v) is 14.9. The summed E-state index contributed by atoms with van der Waals surface area (Å²) in [6.45, 7) is 0. The maximum Gasteiger partial charge on any atom is 0.417 e. The summed E-state index contributed by atoms with van der Waals surface area (Å²) in [4.78, 5) is 37.6. The molecule has 3 aromatic carbocycles. The van der Waals surface area contributed by atoms with Crippen LogP contribution in [0.3, 0.4) is 0 Å². The van der Waals surface area contributed by atoms with Gasteiger partial charge in [-0.1, -0.05) is 67.2 Å². The van der Waals surface area contributed by atoms with Crippen LogP contribution in [0.15, 0.2) is 83.8 Å².